The third-order valence-corrected chi connectivity index (χ3v) is 5.02. The van der Waals surface area contributed by atoms with Crippen molar-refractivity contribution in [1.82, 2.24) is 0 Å². The Hall–Kier alpha value is -1.43. The molecule has 2 aromatic rings. The third kappa shape index (κ3) is 3.00. The van der Waals surface area contributed by atoms with E-state index >= 15 is 0 Å². The molecule has 0 saturated carbocycles. The van der Waals surface area contributed by atoms with Gasteiger partial charge in [0.15, 0.2) is 0 Å². The molecule has 0 saturated heterocycles. The summed E-state index contributed by atoms with van der Waals surface area (Å²) < 4.78 is 27.0. The van der Waals surface area contributed by atoms with Crippen LogP contribution in [0.3, 0.4) is 0 Å². The van der Waals surface area contributed by atoms with Gasteiger partial charge in [-0.05, 0) is 36.8 Å². The molecule has 3 N–H and O–H groups in total. The largest absolute Gasteiger partial charge is 0.398 e. The van der Waals surface area contributed by atoms with Crippen LogP contribution < -0.4 is 10.5 Å². The smallest absolute Gasteiger partial charge is 0.265 e. The number of nitrogens with one attached hydrogen (secondary N) is 1. The Morgan fingerprint density at radius 2 is 1.80 bits per heavy atom. The summed E-state index contributed by atoms with van der Waals surface area (Å²) in [6.07, 6.45) is 0. The first-order valence-electron chi connectivity index (χ1n) is 5.64. The Morgan fingerprint density at radius 1 is 1.10 bits per heavy atom. The van der Waals surface area contributed by atoms with Crippen LogP contribution in [0.5, 0.6) is 0 Å². The van der Waals surface area contributed by atoms with Crippen LogP contribution in [-0.4, -0.2) is 8.42 Å². The van der Waals surface area contributed by atoms with E-state index in [0.717, 1.165) is 5.56 Å². The summed E-state index contributed by atoms with van der Waals surface area (Å²) in [4.78, 5) is -0.140. The minimum atomic E-state index is -3.87. The van der Waals surface area contributed by atoms with Crippen molar-refractivity contribution in [1.29, 1.82) is 0 Å². The zero-order valence-electron chi connectivity index (χ0n) is 10.5. The van der Waals surface area contributed by atoms with Gasteiger partial charge in [-0.15, -0.1) is 0 Å². The van der Waals surface area contributed by atoms with E-state index in [1.54, 1.807) is 18.2 Å². The molecule has 0 aliphatic heterocycles. The lowest BCUT2D eigenvalue weighted by Crippen LogP contribution is -2.15. The highest BCUT2D eigenvalue weighted by atomic mass is 35.5. The molecule has 0 atom stereocenters. The monoisotopic (exact) mass is 330 g/mol. The van der Waals surface area contributed by atoms with Crippen molar-refractivity contribution < 1.29 is 8.42 Å². The fourth-order valence-electron chi connectivity index (χ4n) is 1.67. The first-order valence-corrected chi connectivity index (χ1v) is 7.88. The molecule has 0 radical (unpaired) electrons. The van der Waals surface area contributed by atoms with E-state index in [4.69, 9.17) is 28.9 Å². The molecule has 0 heterocycles. The SMILES string of the molecule is Cc1ccc(NS(=O)(=O)c2c(N)cccc2Cl)cc1Cl. The van der Waals surface area contributed by atoms with E-state index in [-0.39, 0.29) is 15.6 Å². The molecular formula is C13H12Cl2N2O2S. The maximum Gasteiger partial charge on any atom is 0.265 e. The summed E-state index contributed by atoms with van der Waals surface area (Å²) >= 11 is 11.9. The van der Waals surface area contributed by atoms with Gasteiger partial charge in [-0.25, -0.2) is 8.42 Å². The lowest BCUT2D eigenvalue weighted by atomic mass is 10.2. The van der Waals surface area contributed by atoms with Crippen LogP contribution in [0, 0.1) is 6.92 Å². The second kappa shape index (κ2) is 5.52. The van der Waals surface area contributed by atoms with Gasteiger partial charge in [0, 0.05) is 5.02 Å². The molecule has 2 aromatic carbocycles. The molecule has 106 valence electrons. The molecule has 0 aliphatic carbocycles. The van der Waals surface area contributed by atoms with Gasteiger partial charge >= 0.3 is 0 Å². The third-order valence-electron chi connectivity index (χ3n) is 2.69. The summed E-state index contributed by atoms with van der Waals surface area (Å²) in [5.74, 6) is 0. The first kappa shape index (κ1) is 15.0. The van der Waals surface area contributed by atoms with Crippen molar-refractivity contribution >= 4 is 44.6 Å². The van der Waals surface area contributed by atoms with E-state index in [2.05, 4.69) is 4.72 Å². The Morgan fingerprint density at radius 3 is 2.40 bits per heavy atom. The van der Waals surface area contributed by atoms with Gasteiger partial charge in [-0.1, -0.05) is 35.3 Å². The van der Waals surface area contributed by atoms with Gasteiger partial charge < -0.3 is 5.73 Å². The molecule has 0 aliphatic rings. The topological polar surface area (TPSA) is 72.2 Å². The van der Waals surface area contributed by atoms with Crippen molar-refractivity contribution in [3.8, 4) is 0 Å². The van der Waals surface area contributed by atoms with Gasteiger partial charge in [0.25, 0.3) is 10.0 Å². The molecule has 7 heteroatoms. The van der Waals surface area contributed by atoms with Crippen molar-refractivity contribution in [3.05, 3.63) is 52.0 Å². The number of benzene rings is 2. The van der Waals surface area contributed by atoms with Crippen molar-refractivity contribution in [3.63, 3.8) is 0 Å². The quantitative estimate of drug-likeness (QED) is 0.843. The van der Waals surface area contributed by atoms with Crippen molar-refractivity contribution in [2.45, 2.75) is 11.8 Å². The van der Waals surface area contributed by atoms with Gasteiger partial charge in [0.1, 0.15) is 4.90 Å². The van der Waals surface area contributed by atoms with Crippen LogP contribution in [0.25, 0.3) is 0 Å². The number of nitrogen functional groups attached to an aromatic ring is 1. The fraction of sp³-hybridized carbons (Fsp3) is 0.0769. The normalized spacial score (nSPS) is 11.3. The second-order valence-electron chi connectivity index (χ2n) is 4.23. The van der Waals surface area contributed by atoms with Crippen LogP contribution in [0.1, 0.15) is 5.56 Å². The molecule has 20 heavy (non-hydrogen) atoms. The van der Waals surface area contributed by atoms with Gasteiger partial charge in [-0.3, -0.25) is 4.72 Å². The van der Waals surface area contributed by atoms with Gasteiger partial charge in [-0.2, -0.15) is 0 Å². The maximum absolute atomic E-state index is 12.3. The number of sulfonamides is 1. The molecule has 2 rings (SSSR count). The molecule has 4 nitrogen and oxygen atoms in total. The zero-order chi connectivity index (χ0) is 14.9. The fourth-order valence-corrected chi connectivity index (χ4v) is 3.58. The highest BCUT2D eigenvalue weighted by Gasteiger charge is 2.21. The average Bonchev–Trinajstić information content (AvgIpc) is 2.33. The Balaban J connectivity index is 2.43. The number of hydrogen-bond acceptors (Lipinski definition) is 3. The lowest BCUT2D eigenvalue weighted by Gasteiger charge is -2.12. The van der Waals surface area contributed by atoms with E-state index in [1.807, 2.05) is 6.92 Å². The standard InChI is InChI=1S/C13H12Cl2N2O2S/c1-8-5-6-9(7-11(8)15)17-20(18,19)13-10(14)3-2-4-12(13)16/h2-7,17H,16H2,1H3. The number of nitrogens with two attached hydrogens (primary N) is 1. The Bertz CT molecular complexity index is 741. The number of rotatable bonds is 3. The summed E-state index contributed by atoms with van der Waals surface area (Å²) in [6, 6.07) is 9.39. The highest BCUT2D eigenvalue weighted by Crippen LogP contribution is 2.29. The van der Waals surface area contributed by atoms with E-state index in [1.165, 1.54) is 18.2 Å². The van der Waals surface area contributed by atoms with E-state index in [9.17, 15) is 8.42 Å². The van der Waals surface area contributed by atoms with Crippen LogP contribution in [0.15, 0.2) is 41.3 Å². The molecule has 0 spiro atoms. The van der Waals surface area contributed by atoms with Gasteiger partial charge in [0.2, 0.25) is 0 Å². The first-order chi connectivity index (χ1) is 9.31. The number of hydrogen-bond donors (Lipinski definition) is 2. The Kier molecular flexibility index (Phi) is 4.13. The van der Waals surface area contributed by atoms with Crippen molar-refractivity contribution in [2.75, 3.05) is 10.5 Å². The number of aryl methyl sites for hydroxylation is 1. The molecule has 0 amide bonds. The van der Waals surface area contributed by atoms with Crippen LogP contribution >= 0.6 is 23.2 Å². The molecular weight excluding hydrogens is 319 g/mol. The second-order valence-corrected chi connectivity index (χ2v) is 6.66. The molecule has 0 aromatic heterocycles. The molecule has 0 bridgehead atoms. The van der Waals surface area contributed by atoms with Gasteiger partial charge in [0.05, 0.1) is 16.4 Å². The summed E-state index contributed by atoms with van der Waals surface area (Å²) in [5.41, 5.74) is 6.97. The number of halogens is 2. The summed E-state index contributed by atoms with van der Waals surface area (Å²) in [6.45, 7) is 1.83. The average molecular weight is 331 g/mol. The lowest BCUT2D eigenvalue weighted by molar-refractivity contribution is 0.601. The predicted molar refractivity (Wildman–Crippen MR) is 82.9 cm³/mol. The van der Waals surface area contributed by atoms with Crippen LogP contribution in [-0.2, 0) is 10.0 Å². The summed E-state index contributed by atoms with van der Waals surface area (Å²) in [5, 5.41) is 0.535. The summed E-state index contributed by atoms with van der Waals surface area (Å²) in [7, 11) is -3.87. The zero-order valence-corrected chi connectivity index (χ0v) is 12.9. The van der Waals surface area contributed by atoms with E-state index < -0.39 is 10.0 Å². The van der Waals surface area contributed by atoms with Crippen molar-refractivity contribution in [2.24, 2.45) is 0 Å². The number of anilines is 2. The maximum atomic E-state index is 12.3. The molecule has 0 unspecified atom stereocenters. The minimum Gasteiger partial charge on any atom is -0.398 e. The minimum absolute atomic E-state index is 0.0655. The van der Waals surface area contributed by atoms with Crippen LogP contribution in [0.4, 0.5) is 11.4 Å². The Labute approximate surface area is 127 Å². The highest BCUT2D eigenvalue weighted by molar-refractivity contribution is 7.93. The van der Waals surface area contributed by atoms with Crippen LogP contribution in [0.2, 0.25) is 10.0 Å². The van der Waals surface area contributed by atoms with E-state index in [0.29, 0.717) is 10.7 Å². The predicted octanol–water partition coefficient (Wildman–Crippen LogP) is 3.68. The molecule has 0 fully saturated rings.